The van der Waals surface area contributed by atoms with Gasteiger partial charge in [0.1, 0.15) is 0 Å². The Balaban J connectivity index is 1.97. The lowest BCUT2D eigenvalue weighted by atomic mass is 10.1. The zero-order valence-electron chi connectivity index (χ0n) is 18.0. The van der Waals surface area contributed by atoms with E-state index in [9.17, 15) is 18.4 Å². The Hall–Kier alpha value is -3.67. The van der Waals surface area contributed by atoms with Crippen molar-refractivity contribution in [3.63, 3.8) is 0 Å². The van der Waals surface area contributed by atoms with Gasteiger partial charge in [-0.1, -0.05) is 24.3 Å². The van der Waals surface area contributed by atoms with E-state index < -0.39 is 6.61 Å². The van der Waals surface area contributed by atoms with E-state index in [-0.39, 0.29) is 55.7 Å². The van der Waals surface area contributed by atoms with Crippen LogP contribution in [0.2, 0.25) is 0 Å². The monoisotopic (exact) mass is 445 g/mol. The lowest BCUT2D eigenvalue weighted by Crippen LogP contribution is -2.33. The Morgan fingerprint density at radius 1 is 1.06 bits per heavy atom. The lowest BCUT2D eigenvalue weighted by Gasteiger charge is -2.23. The summed E-state index contributed by atoms with van der Waals surface area (Å²) in [5, 5.41) is 8.87. The Kier molecular flexibility index (Phi) is 9.42. The number of hydrogen-bond donors (Lipinski definition) is 0. The third-order valence-corrected chi connectivity index (χ3v) is 4.66. The van der Waals surface area contributed by atoms with E-state index >= 15 is 0 Å². The molecule has 0 saturated carbocycles. The Labute approximate surface area is 185 Å². The molecule has 0 aromatic heterocycles. The molecule has 0 atom stereocenters. The zero-order chi connectivity index (χ0) is 23.5. The number of carbonyl (C=O) groups is 2. The number of anilines is 1. The minimum atomic E-state index is -2.97. The van der Waals surface area contributed by atoms with Gasteiger partial charge in [-0.25, -0.2) is 0 Å². The lowest BCUT2D eigenvalue weighted by molar-refractivity contribution is -0.132. The van der Waals surface area contributed by atoms with Crippen LogP contribution in [0.3, 0.4) is 0 Å². The number of halogens is 2. The maximum Gasteiger partial charge on any atom is 0.387 e. The first kappa shape index (κ1) is 24.6. The maximum absolute atomic E-state index is 12.7. The number of amides is 2. The van der Waals surface area contributed by atoms with Gasteiger partial charge in [0.25, 0.3) is 0 Å². The predicted molar refractivity (Wildman–Crippen MR) is 114 cm³/mol. The molecule has 0 N–H and O–H groups in total. The molecule has 32 heavy (non-hydrogen) atoms. The van der Waals surface area contributed by atoms with Gasteiger partial charge >= 0.3 is 6.61 Å². The quantitative estimate of drug-likeness (QED) is 0.523. The number of rotatable bonds is 11. The summed E-state index contributed by atoms with van der Waals surface area (Å²) < 4.78 is 34.4. The highest BCUT2D eigenvalue weighted by molar-refractivity contribution is 5.95. The molecule has 0 saturated heterocycles. The molecule has 0 bridgehead atoms. The first-order valence-electron chi connectivity index (χ1n) is 9.93. The molecule has 2 aromatic rings. The number of benzene rings is 2. The van der Waals surface area contributed by atoms with Crippen molar-refractivity contribution in [3.8, 4) is 17.6 Å². The van der Waals surface area contributed by atoms with Gasteiger partial charge in [-0.05, 0) is 29.8 Å². The van der Waals surface area contributed by atoms with Crippen molar-refractivity contribution in [1.82, 2.24) is 4.90 Å². The average molecular weight is 445 g/mol. The second-order valence-electron chi connectivity index (χ2n) is 6.90. The molecule has 0 fully saturated rings. The number of ether oxygens (including phenoxy) is 2. The van der Waals surface area contributed by atoms with Crippen molar-refractivity contribution >= 4 is 17.5 Å². The molecule has 170 valence electrons. The summed E-state index contributed by atoms with van der Waals surface area (Å²) in [6, 6.07) is 15.4. The highest BCUT2D eigenvalue weighted by Gasteiger charge is 2.19. The van der Waals surface area contributed by atoms with Crippen LogP contribution in [0, 0.1) is 11.3 Å². The highest BCUT2D eigenvalue weighted by Crippen LogP contribution is 2.30. The third-order valence-electron chi connectivity index (χ3n) is 4.66. The second kappa shape index (κ2) is 12.2. The SMILES string of the molecule is COc1cc(CN(C)C(=O)CCC(=O)N(CCC#N)c2ccccc2)ccc1OC(F)F. The number of alkyl halides is 2. The zero-order valence-corrected chi connectivity index (χ0v) is 18.0. The van der Waals surface area contributed by atoms with Crippen LogP contribution in [-0.2, 0) is 16.1 Å². The van der Waals surface area contributed by atoms with Crippen LogP contribution in [0.5, 0.6) is 11.5 Å². The molecule has 0 aliphatic rings. The van der Waals surface area contributed by atoms with Crippen molar-refractivity contribution in [2.75, 3.05) is 25.6 Å². The van der Waals surface area contributed by atoms with E-state index in [1.54, 1.807) is 37.4 Å². The topological polar surface area (TPSA) is 82.9 Å². The number of carbonyl (C=O) groups excluding carboxylic acids is 2. The van der Waals surface area contributed by atoms with E-state index in [2.05, 4.69) is 4.74 Å². The molecule has 2 amide bonds. The van der Waals surface area contributed by atoms with E-state index in [1.165, 1.54) is 29.0 Å². The van der Waals surface area contributed by atoms with E-state index in [0.29, 0.717) is 11.3 Å². The van der Waals surface area contributed by atoms with Crippen LogP contribution in [-0.4, -0.2) is 44.0 Å². The maximum atomic E-state index is 12.7. The minimum absolute atomic E-state index is 0.00503. The first-order valence-corrected chi connectivity index (χ1v) is 9.93. The standard InChI is InChI=1S/C23H25F2N3O4/c1-27(16-17-9-10-19(32-23(24)25)20(15-17)31-2)21(29)11-12-22(30)28(14-6-13-26)18-7-4-3-5-8-18/h3-5,7-10,15,23H,6,11-12,14,16H2,1-2H3. The summed E-state index contributed by atoms with van der Waals surface area (Å²) in [7, 11) is 2.93. The highest BCUT2D eigenvalue weighted by atomic mass is 19.3. The smallest absolute Gasteiger partial charge is 0.387 e. The Morgan fingerprint density at radius 2 is 1.75 bits per heavy atom. The van der Waals surface area contributed by atoms with Gasteiger partial charge in [0, 0.05) is 38.7 Å². The number of hydrogen-bond acceptors (Lipinski definition) is 5. The summed E-state index contributed by atoms with van der Waals surface area (Å²) in [5.41, 5.74) is 1.33. The van der Waals surface area contributed by atoms with Gasteiger partial charge in [-0.3, -0.25) is 9.59 Å². The third kappa shape index (κ3) is 7.23. The first-order chi connectivity index (χ1) is 15.3. The number of nitriles is 1. The van der Waals surface area contributed by atoms with Crippen LogP contribution in [0.25, 0.3) is 0 Å². The predicted octanol–water partition coefficient (Wildman–Crippen LogP) is 3.98. The molecule has 0 unspecified atom stereocenters. The molecular weight excluding hydrogens is 420 g/mol. The van der Waals surface area contributed by atoms with Crippen molar-refractivity contribution < 1.29 is 27.8 Å². The molecule has 0 spiro atoms. The second-order valence-corrected chi connectivity index (χ2v) is 6.90. The van der Waals surface area contributed by atoms with Crippen molar-refractivity contribution in [3.05, 3.63) is 54.1 Å². The van der Waals surface area contributed by atoms with E-state index in [1.807, 2.05) is 12.1 Å². The van der Waals surface area contributed by atoms with Gasteiger partial charge in [0.05, 0.1) is 19.6 Å². The van der Waals surface area contributed by atoms with Gasteiger partial charge in [0.2, 0.25) is 11.8 Å². The van der Waals surface area contributed by atoms with Crippen LogP contribution >= 0.6 is 0 Å². The van der Waals surface area contributed by atoms with Crippen molar-refractivity contribution in [1.29, 1.82) is 5.26 Å². The number of methoxy groups -OCH3 is 1. The summed E-state index contributed by atoms with van der Waals surface area (Å²) in [6.45, 7) is -2.52. The van der Waals surface area contributed by atoms with Gasteiger partial charge in [-0.2, -0.15) is 14.0 Å². The van der Waals surface area contributed by atoms with E-state index in [0.717, 1.165) is 0 Å². The van der Waals surface area contributed by atoms with Crippen LogP contribution in [0.4, 0.5) is 14.5 Å². The van der Waals surface area contributed by atoms with Crippen LogP contribution in [0.15, 0.2) is 48.5 Å². The van der Waals surface area contributed by atoms with Gasteiger partial charge < -0.3 is 19.3 Å². The molecule has 0 aliphatic heterocycles. The summed E-state index contributed by atoms with van der Waals surface area (Å²) in [6.07, 6.45) is 0.171. The largest absolute Gasteiger partial charge is 0.493 e. The molecule has 9 heteroatoms. The molecular formula is C23H25F2N3O4. The van der Waals surface area contributed by atoms with Gasteiger partial charge in [-0.15, -0.1) is 0 Å². The molecule has 2 rings (SSSR count). The molecule has 0 aliphatic carbocycles. The normalized spacial score (nSPS) is 10.4. The number of para-hydroxylation sites is 1. The number of nitrogens with zero attached hydrogens (tertiary/aromatic N) is 3. The molecule has 2 aromatic carbocycles. The fourth-order valence-electron chi connectivity index (χ4n) is 3.07. The van der Waals surface area contributed by atoms with Crippen molar-refractivity contribution in [2.24, 2.45) is 0 Å². The Bertz CT molecular complexity index is 948. The Morgan fingerprint density at radius 3 is 2.38 bits per heavy atom. The summed E-state index contributed by atoms with van der Waals surface area (Å²) >= 11 is 0. The fourth-order valence-corrected chi connectivity index (χ4v) is 3.07. The fraction of sp³-hybridized carbons (Fsp3) is 0.348. The summed E-state index contributed by atoms with van der Waals surface area (Å²) in [4.78, 5) is 28.2. The molecule has 0 heterocycles. The van der Waals surface area contributed by atoms with E-state index in [4.69, 9.17) is 10.00 Å². The molecule has 0 radical (unpaired) electrons. The minimum Gasteiger partial charge on any atom is -0.493 e. The van der Waals surface area contributed by atoms with Crippen LogP contribution < -0.4 is 14.4 Å². The average Bonchev–Trinajstić information content (AvgIpc) is 2.79. The summed E-state index contributed by atoms with van der Waals surface area (Å²) in [5.74, 6) is -0.457. The van der Waals surface area contributed by atoms with Crippen LogP contribution in [0.1, 0.15) is 24.8 Å². The van der Waals surface area contributed by atoms with Gasteiger partial charge in [0.15, 0.2) is 11.5 Å². The molecule has 7 nitrogen and oxygen atoms in total. The van der Waals surface area contributed by atoms with Crippen molar-refractivity contribution in [2.45, 2.75) is 32.4 Å².